The van der Waals surface area contributed by atoms with Gasteiger partial charge >= 0.3 is 5.97 Å². The summed E-state index contributed by atoms with van der Waals surface area (Å²) < 4.78 is 10.4. The van der Waals surface area contributed by atoms with Crippen molar-refractivity contribution in [1.82, 2.24) is 4.98 Å². The molecule has 1 N–H and O–H groups in total. The zero-order valence-corrected chi connectivity index (χ0v) is 13.4. The van der Waals surface area contributed by atoms with Crippen LogP contribution >= 0.6 is 11.6 Å². The van der Waals surface area contributed by atoms with Crippen molar-refractivity contribution >= 4 is 34.8 Å². The van der Waals surface area contributed by atoms with Crippen LogP contribution in [0.1, 0.15) is 24.8 Å². The highest BCUT2D eigenvalue weighted by Crippen LogP contribution is 2.26. The number of aryl methyl sites for hydroxylation is 1. The van der Waals surface area contributed by atoms with Crippen LogP contribution < -0.4 is 5.32 Å². The number of methoxy groups -OCH3 is 1. The normalized spacial score (nSPS) is 11.4. The average molecular weight is 321 g/mol. The highest BCUT2D eigenvalue weighted by Gasteiger charge is 2.20. The number of halogens is 1. The van der Waals surface area contributed by atoms with Crippen molar-refractivity contribution in [2.24, 2.45) is 0 Å². The lowest BCUT2D eigenvalue weighted by molar-refractivity contribution is -0.133. The largest absolute Gasteiger partial charge is 0.465 e. The van der Waals surface area contributed by atoms with Crippen molar-refractivity contribution in [2.45, 2.75) is 20.3 Å². The molecule has 0 saturated carbocycles. The molecule has 2 aromatic rings. The Morgan fingerprint density at radius 2 is 2.09 bits per heavy atom. The van der Waals surface area contributed by atoms with Crippen LogP contribution in [0.5, 0.6) is 0 Å². The molecule has 1 aromatic carbocycles. The van der Waals surface area contributed by atoms with E-state index in [1.165, 1.54) is 7.11 Å². The first kappa shape index (κ1) is 16.1. The van der Waals surface area contributed by atoms with Crippen LogP contribution in [0.3, 0.4) is 0 Å². The van der Waals surface area contributed by atoms with Gasteiger partial charge in [0.2, 0.25) is 0 Å². The van der Waals surface area contributed by atoms with E-state index in [0.717, 1.165) is 5.69 Å². The molecule has 0 aliphatic rings. The summed E-state index contributed by atoms with van der Waals surface area (Å²) >= 11 is 5.85. The predicted octanol–water partition coefficient (Wildman–Crippen LogP) is 4.35. The fourth-order valence-corrected chi connectivity index (χ4v) is 2.07. The molecule has 0 unspecified atom stereocenters. The van der Waals surface area contributed by atoms with Crippen molar-refractivity contribution in [3.8, 4) is 0 Å². The molecule has 0 atom stereocenters. The Bertz CT molecular complexity index is 690. The zero-order chi connectivity index (χ0) is 16.1. The highest BCUT2D eigenvalue weighted by atomic mass is 35.5. The predicted molar refractivity (Wildman–Crippen MR) is 86.3 cm³/mol. The third-order valence-electron chi connectivity index (χ3n) is 2.95. The first-order valence-corrected chi connectivity index (χ1v) is 7.21. The van der Waals surface area contributed by atoms with Gasteiger partial charge in [-0.3, -0.25) is 0 Å². The number of aromatic nitrogens is 1. The van der Waals surface area contributed by atoms with Gasteiger partial charge in [-0.2, -0.15) is 4.98 Å². The van der Waals surface area contributed by atoms with Crippen LogP contribution in [0.25, 0.3) is 5.57 Å². The van der Waals surface area contributed by atoms with E-state index >= 15 is 0 Å². The Labute approximate surface area is 133 Å². The Balaban J connectivity index is 2.28. The van der Waals surface area contributed by atoms with Crippen molar-refractivity contribution in [3.05, 3.63) is 46.8 Å². The standard InChI is InChI=1S/C16H17ClN2O3/c1-4-5-13(15(20)21-3)14-10(2)18-16(22-14)19-12-8-6-11(17)7-9-12/h5-9H,4H2,1-3H3,(H,18,19)/b13-5+. The number of ether oxygens (including phenoxy) is 1. The summed E-state index contributed by atoms with van der Waals surface area (Å²) in [4.78, 5) is 16.1. The number of benzene rings is 1. The van der Waals surface area contributed by atoms with Gasteiger partial charge in [0.25, 0.3) is 6.01 Å². The number of nitrogens with zero attached hydrogens (tertiary/aromatic N) is 1. The lowest BCUT2D eigenvalue weighted by Gasteiger charge is -2.03. The molecule has 5 nitrogen and oxygen atoms in total. The Kier molecular flexibility index (Phi) is 5.22. The second-order valence-corrected chi connectivity index (χ2v) is 5.02. The summed E-state index contributed by atoms with van der Waals surface area (Å²) in [6.07, 6.45) is 2.44. The molecule has 0 amide bonds. The number of carbonyl (C=O) groups excluding carboxylic acids is 1. The molecular formula is C16H17ClN2O3. The topological polar surface area (TPSA) is 64.4 Å². The fraction of sp³-hybridized carbons (Fsp3) is 0.250. The molecule has 0 saturated heterocycles. The van der Waals surface area contributed by atoms with Gasteiger partial charge in [0, 0.05) is 10.7 Å². The number of carbonyl (C=O) groups is 1. The third-order valence-corrected chi connectivity index (χ3v) is 3.20. The van der Waals surface area contributed by atoms with Crippen LogP contribution in [0.4, 0.5) is 11.7 Å². The molecule has 0 spiro atoms. The minimum atomic E-state index is -0.445. The Morgan fingerprint density at radius 1 is 1.41 bits per heavy atom. The molecule has 6 heteroatoms. The molecule has 2 rings (SSSR count). The van der Waals surface area contributed by atoms with Gasteiger partial charge in [-0.15, -0.1) is 0 Å². The Hall–Kier alpha value is -2.27. The van der Waals surface area contributed by atoms with Crippen molar-refractivity contribution in [1.29, 1.82) is 0 Å². The van der Waals surface area contributed by atoms with E-state index in [9.17, 15) is 4.79 Å². The number of hydrogen-bond donors (Lipinski definition) is 1. The second kappa shape index (κ2) is 7.13. The third kappa shape index (κ3) is 3.68. The lowest BCUT2D eigenvalue weighted by atomic mass is 10.1. The monoisotopic (exact) mass is 320 g/mol. The molecule has 0 bridgehead atoms. The quantitative estimate of drug-likeness (QED) is 0.655. The molecule has 0 radical (unpaired) electrons. The summed E-state index contributed by atoms with van der Waals surface area (Å²) in [7, 11) is 1.34. The van der Waals surface area contributed by atoms with E-state index in [4.69, 9.17) is 20.8 Å². The number of esters is 1. The maximum atomic E-state index is 11.8. The van der Waals surface area contributed by atoms with Gasteiger partial charge in [-0.1, -0.05) is 24.6 Å². The molecule has 0 fully saturated rings. The molecule has 0 aliphatic carbocycles. The second-order valence-electron chi connectivity index (χ2n) is 4.58. The van der Waals surface area contributed by atoms with Crippen LogP contribution in [0, 0.1) is 6.92 Å². The summed E-state index contributed by atoms with van der Waals surface area (Å²) in [5.74, 6) is -0.0377. The number of anilines is 2. The summed E-state index contributed by atoms with van der Waals surface area (Å²) in [5.41, 5.74) is 1.78. The smallest absolute Gasteiger partial charge is 0.341 e. The van der Waals surface area contributed by atoms with Crippen molar-refractivity contribution < 1.29 is 13.9 Å². The van der Waals surface area contributed by atoms with E-state index in [0.29, 0.717) is 34.5 Å². The van der Waals surface area contributed by atoms with E-state index in [2.05, 4.69) is 10.3 Å². The van der Waals surface area contributed by atoms with Gasteiger partial charge in [-0.25, -0.2) is 4.79 Å². The van der Waals surface area contributed by atoms with E-state index in [1.807, 2.05) is 19.1 Å². The average Bonchev–Trinajstić information content (AvgIpc) is 2.86. The van der Waals surface area contributed by atoms with Crippen LogP contribution in [0.15, 0.2) is 34.8 Å². The van der Waals surface area contributed by atoms with E-state index < -0.39 is 5.97 Å². The van der Waals surface area contributed by atoms with Crippen LogP contribution in [-0.2, 0) is 9.53 Å². The number of nitrogens with one attached hydrogen (secondary N) is 1. The molecule has 0 aliphatic heterocycles. The minimum Gasteiger partial charge on any atom is -0.465 e. The van der Waals surface area contributed by atoms with Crippen molar-refractivity contribution in [3.63, 3.8) is 0 Å². The highest BCUT2D eigenvalue weighted by molar-refractivity contribution is 6.30. The van der Waals surface area contributed by atoms with Crippen molar-refractivity contribution in [2.75, 3.05) is 12.4 Å². The maximum absolute atomic E-state index is 11.8. The zero-order valence-electron chi connectivity index (χ0n) is 12.6. The first-order chi connectivity index (χ1) is 10.5. The molecule has 116 valence electrons. The molecular weight excluding hydrogens is 304 g/mol. The summed E-state index contributed by atoms with van der Waals surface area (Å²) in [6, 6.07) is 7.45. The minimum absolute atomic E-state index is 0.306. The maximum Gasteiger partial charge on any atom is 0.341 e. The Morgan fingerprint density at radius 3 is 2.68 bits per heavy atom. The van der Waals surface area contributed by atoms with E-state index in [1.54, 1.807) is 25.1 Å². The van der Waals surface area contributed by atoms with E-state index in [-0.39, 0.29) is 0 Å². The van der Waals surface area contributed by atoms with Crippen LogP contribution in [0.2, 0.25) is 5.02 Å². The SMILES string of the molecule is CC/C=C(/C(=O)OC)c1oc(Nc2ccc(Cl)cc2)nc1C. The lowest BCUT2D eigenvalue weighted by Crippen LogP contribution is -2.04. The number of hydrogen-bond acceptors (Lipinski definition) is 5. The molecule has 1 heterocycles. The summed E-state index contributed by atoms with van der Waals surface area (Å²) in [6.45, 7) is 3.71. The number of oxazole rings is 1. The van der Waals surface area contributed by atoms with Gasteiger partial charge in [0.15, 0.2) is 5.76 Å². The van der Waals surface area contributed by atoms with Gasteiger partial charge in [0.05, 0.1) is 12.8 Å². The molecule has 22 heavy (non-hydrogen) atoms. The van der Waals surface area contributed by atoms with Gasteiger partial charge in [0.1, 0.15) is 5.57 Å². The number of allylic oxidation sites excluding steroid dienone is 1. The number of rotatable bonds is 5. The fourth-order valence-electron chi connectivity index (χ4n) is 1.94. The van der Waals surface area contributed by atoms with Crippen LogP contribution in [-0.4, -0.2) is 18.1 Å². The molecule has 1 aromatic heterocycles. The first-order valence-electron chi connectivity index (χ1n) is 6.84. The van der Waals surface area contributed by atoms with Gasteiger partial charge < -0.3 is 14.5 Å². The summed E-state index contributed by atoms with van der Waals surface area (Å²) in [5, 5.41) is 3.68. The van der Waals surface area contributed by atoms with Gasteiger partial charge in [-0.05, 0) is 37.6 Å².